The largest absolute Gasteiger partial charge is 0.497 e. The molecule has 2 aromatic carbocycles. The monoisotopic (exact) mass is 381 g/mol. The fraction of sp³-hybridized carbons (Fsp3) is 0.235. The first-order chi connectivity index (χ1) is 12.3. The first-order valence-electron chi connectivity index (χ1n) is 7.60. The Hall–Kier alpha value is -2.62. The zero-order valence-electron chi connectivity index (χ0n) is 14.0. The van der Waals surface area contributed by atoms with Crippen molar-refractivity contribution in [1.82, 2.24) is 4.72 Å². The molecule has 9 heteroatoms. The van der Waals surface area contributed by atoms with Gasteiger partial charge in [0, 0.05) is 6.54 Å². The second-order valence-corrected chi connectivity index (χ2v) is 7.03. The second kappa shape index (κ2) is 8.65. The van der Waals surface area contributed by atoms with Crippen LogP contribution in [0.2, 0.25) is 0 Å². The van der Waals surface area contributed by atoms with Crippen molar-refractivity contribution < 1.29 is 32.9 Å². The van der Waals surface area contributed by atoms with Crippen molar-refractivity contribution in [3.8, 4) is 11.5 Å². The van der Waals surface area contributed by atoms with E-state index < -0.39 is 22.1 Å². The molecule has 0 bridgehead atoms. The van der Waals surface area contributed by atoms with E-state index in [9.17, 15) is 18.3 Å². The lowest BCUT2D eigenvalue weighted by molar-refractivity contribution is 0.0692. The number of benzene rings is 2. The molecule has 8 nitrogen and oxygen atoms in total. The number of carboxylic acids is 1. The van der Waals surface area contributed by atoms with Crippen molar-refractivity contribution >= 4 is 16.0 Å². The van der Waals surface area contributed by atoms with Gasteiger partial charge in [0.15, 0.2) is 0 Å². The molecule has 0 aliphatic carbocycles. The van der Waals surface area contributed by atoms with Gasteiger partial charge in [-0.25, -0.2) is 17.9 Å². The van der Waals surface area contributed by atoms with Gasteiger partial charge < -0.3 is 19.7 Å². The fourth-order valence-corrected chi connectivity index (χ4v) is 3.35. The van der Waals surface area contributed by atoms with E-state index in [-0.39, 0.29) is 23.6 Å². The molecule has 1 atom stereocenters. The highest BCUT2D eigenvalue weighted by molar-refractivity contribution is 7.89. The predicted octanol–water partition coefficient (Wildman–Crippen LogP) is 1.11. The minimum absolute atomic E-state index is 0.143. The second-order valence-electron chi connectivity index (χ2n) is 5.29. The summed E-state index contributed by atoms with van der Waals surface area (Å²) >= 11 is 0. The summed E-state index contributed by atoms with van der Waals surface area (Å²) in [6, 6.07) is 11.9. The Balaban J connectivity index is 1.93. The standard InChI is InChI=1S/C17H19NO7S/c1-24-13-6-8-14(9-7-13)25-11-12(19)10-18-26(22,23)16-5-3-2-4-15(16)17(20)21/h2-9,12,18-19H,10-11H2,1H3,(H,20,21). The number of nitrogens with one attached hydrogen (secondary N) is 1. The maximum Gasteiger partial charge on any atom is 0.337 e. The topological polar surface area (TPSA) is 122 Å². The number of methoxy groups -OCH3 is 1. The summed E-state index contributed by atoms with van der Waals surface area (Å²) in [6.07, 6.45) is -1.12. The van der Waals surface area contributed by atoms with Crippen LogP contribution in [0.5, 0.6) is 11.5 Å². The molecule has 0 aromatic heterocycles. The van der Waals surface area contributed by atoms with E-state index in [2.05, 4.69) is 4.72 Å². The van der Waals surface area contributed by atoms with E-state index >= 15 is 0 Å². The minimum atomic E-state index is -4.09. The van der Waals surface area contributed by atoms with Crippen LogP contribution in [0.4, 0.5) is 0 Å². The lowest BCUT2D eigenvalue weighted by atomic mass is 10.2. The summed E-state index contributed by atoms with van der Waals surface area (Å²) in [5.74, 6) is -0.207. The van der Waals surface area contributed by atoms with Gasteiger partial charge in [0.1, 0.15) is 24.2 Å². The van der Waals surface area contributed by atoms with Gasteiger partial charge in [0.05, 0.1) is 17.6 Å². The van der Waals surface area contributed by atoms with Crippen molar-refractivity contribution in [2.24, 2.45) is 0 Å². The summed E-state index contributed by atoms with van der Waals surface area (Å²) in [7, 11) is -2.55. The summed E-state index contributed by atoms with van der Waals surface area (Å²) in [4.78, 5) is 10.8. The van der Waals surface area contributed by atoms with E-state index in [1.807, 2.05) is 0 Å². The third kappa shape index (κ3) is 5.19. The highest BCUT2D eigenvalue weighted by atomic mass is 32.2. The molecule has 0 aliphatic rings. The number of rotatable bonds is 9. The number of aromatic carboxylic acids is 1. The lowest BCUT2D eigenvalue weighted by Crippen LogP contribution is -2.35. The van der Waals surface area contributed by atoms with Crippen LogP contribution >= 0.6 is 0 Å². The average Bonchev–Trinajstić information content (AvgIpc) is 2.65. The molecule has 0 aliphatic heterocycles. The molecule has 2 aromatic rings. The molecule has 140 valence electrons. The number of aliphatic hydroxyl groups excluding tert-OH is 1. The Morgan fingerprint density at radius 2 is 1.73 bits per heavy atom. The SMILES string of the molecule is COc1ccc(OCC(O)CNS(=O)(=O)c2ccccc2C(=O)O)cc1. The molecular weight excluding hydrogens is 362 g/mol. The zero-order valence-corrected chi connectivity index (χ0v) is 14.8. The molecule has 0 spiro atoms. The summed E-state index contributed by atoms with van der Waals surface area (Å²) in [6.45, 7) is -0.470. The van der Waals surface area contributed by atoms with Gasteiger partial charge in [-0.15, -0.1) is 0 Å². The van der Waals surface area contributed by atoms with Crippen molar-refractivity contribution in [3.05, 3.63) is 54.1 Å². The third-order valence-electron chi connectivity index (χ3n) is 3.42. The predicted molar refractivity (Wildman–Crippen MR) is 93.1 cm³/mol. The van der Waals surface area contributed by atoms with E-state index in [1.165, 1.54) is 31.4 Å². The Morgan fingerprint density at radius 1 is 1.12 bits per heavy atom. The van der Waals surface area contributed by atoms with Gasteiger partial charge in [-0.2, -0.15) is 0 Å². The molecule has 2 rings (SSSR count). The molecule has 1 unspecified atom stereocenters. The maximum atomic E-state index is 12.3. The first-order valence-corrected chi connectivity index (χ1v) is 9.08. The van der Waals surface area contributed by atoms with Gasteiger partial charge in [-0.3, -0.25) is 0 Å². The van der Waals surface area contributed by atoms with Crippen molar-refractivity contribution in [2.45, 2.75) is 11.0 Å². The van der Waals surface area contributed by atoms with Crippen LogP contribution in [0.25, 0.3) is 0 Å². The molecule has 0 heterocycles. The minimum Gasteiger partial charge on any atom is -0.497 e. The Bertz CT molecular complexity index is 850. The highest BCUT2D eigenvalue weighted by Crippen LogP contribution is 2.17. The maximum absolute atomic E-state index is 12.3. The van der Waals surface area contributed by atoms with Crippen LogP contribution in [0.15, 0.2) is 53.4 Å². The highest BCUT2D eigenvalue weighted by Gasteiger charge is 2.22. The molecule has 3 N–H and O–H groups in total. The van der Waals surface area contributed by atoms with Gasteiger partial charge in [-0.1, -0.05) is 12.1 Å². The van der Waals surface area contributed by atoms with E-state index in [0.29, 0.717) is 11.5 Å². The van der Waals surface area contributed by atoms with E-state index in [4.69, 9.17) is 14.6 Å². The lowest BCUT2D eigenvalue weighted by Gasteiger charge is -2.14. The Kier molecular flexibility index (Phi) is 6.56. The summed E-state index contributed by atoms with van der Waals surface area (Å²) in [5.41, 5.74) is -0.344. The van der Waals surface area contributed by atoms with Gasteiger partial charge in [0.2, 0.25) is 10.0 Å². The van der Waals surface area contributed by atoms with Crippen molar-refractivity contribution in [3.63, 3.8) is 0 Å². The number of hydrogen-bond acceptors (Lipinski definition) is 6. The van der Waals surface area contributed by atoms with E-state index in [0.717, 1.165) is 0 Å². The van der Waals surface area contributed by atoms with Crippen molar-refractivity contribution in [1.29, 1.82) is 0 Å². The first kappa shape index (κ1) is 19.7. The zero-order chi connectivity index (χ0) is 19.2. The number of hydrogen-bond donors (Lipinski definition) is 3. The van der Waals surface area contributed by atoms with E-state index in [1.54, 1.807) is 24.3 Å². The van der Waals surface area contributed by atoms with Crippen LogP contribution in [-0.4, -0.2) is 51.0 Å². The van der Waals surface area contributed by atoms with Crippen LogP contribution in [0.1, 0.15) is 10.4 Å². The van der Waals surface area contributed by atoms with Crippen LogP contribution in [0.3, 0.4) is 0 Å². The van der Waals surface area contributed by atoms with Crippen LogP contribution in [0, 0.1) is 0 Å². The number of sulfonamides is 1. The molecular formula is C17H19NO7S. The average molecular weight is 381 g/mol. The number of ether oxygens (including phenoxy) is 2. The Labute approximate surface area is 151 Å². The van der Waals surface area contributed by atoms with Crippen LogP contribution in [-0.2, 0) is 10.0 Å². The summed E-state index contributed by atoms with van der Waals surface area (Å²) in [5, 5.41) is 19.0. The molecule has 0 amide bonds. The molecule has 0 fully saturated rings. The normalized spacial score (nSPS) is 12.4. The molecule has 26 heavy (non-hydrogen) atoms. The number of carbonyl (C=O) groups is 1. The Morgan fingerprint density at radius 3 is 2.35 bits per heavy atom. The van der Waals surface area contributed by atoms with Crippen LogP contribution < -0.4 is 14.2 Å². The number of aliphatic hydroxyl groups is 1. The fourth-order valence-electron chi connectivity index (χ4n) is 2.08. The van der Waals surface area contributed by atoms with Gasteiger partial charge >= 0.3 is 5.97 Å². The van der Waals surface area contributed by atoms with Crippen molar-refractivity contribution in [2.75, 3.05) is 20.3 Å². The number of carboxylic acid groups (broad SMARTS) is 1. The smallest absolute Gasteiger partial charge is 0.337 e. The molecule has 0 radical (unpaired) electrons. The third-order valence-corrected chi connectivity index (χ3v) is 4.90. The van der Waals surface area contributed by atoms with Gasteiger partial charge in [-0.05, 0) is 36.4 Å². The van der Waals surface area contributed by atoms with Gasteiger partial charge in [0.25, 0.3) is 0 Å². The summed E-state index contributed by atoms with van der Waals surface area (Å²) < 4.78 is 37.1. The molecule has 0 saturated heterocycles. The quantitative estimate of drug-likeness (QED) is 0.595. The molecule has 0 saturated carbocycles.